The first-order valence-electron chi connectivity index (χ1n) is 17.9. The van der Waals surface area contributed by atoms with Crippen molar-refractivity contribution in [3.63, 3.8) is 0 Å². The molecule has 0 fully saturated rings. The van der Waals surface area contributed by atoms with Gasteiger partial charge in [-0.25, -0.2) is 14.4 Å². The highest BCUT2D eigenvalue weighted by Gasteiger charge is 2.57. The van der Waals surface area contributed by atoms with Gasteiger partial charge in [-0.05, 0) is 98.3 Å². The summed E-state index contributed by atoms with van der Waals surface area (Å²) in [4.78, 5) is 68.2. The molecule has 0 amide bonds. The third-order valence-corrected chi connectivity index (χ3v) is 8.44. The molecule has 0 saturated heterocycles. The average Bonchev–Trinajstić information content (AvgIpc) is 3.69. The summed E-state index contributed by atoms with van der Waals surface area (Å²) < 4.78 is 30.2. The molecular weight excluding hydrogens is 700 g/mol. The van der Waals surface area contributed by atoms with Crippen molar-refractivity contribution in [3.05, 3.63) is 35.5 Å². The van der Waals surface area contributed by atoms with Crippen LogP contribution in [0.25, 0.3) is 0 Å². The maximum atomic E-state index is 11.8. The normalized spacial score (nSPS) is 26.5. The van der Waals surface area contributed by atoms with Crippen LogP contribution in [0.4, 0.5) is 0 Å². The smallest absolute Gasteiger partial charge is 0.382 e. The Morgan fingerprint density at radius 1 is 0.717 bits per heavy atom. The summed E-state index contributed by atoms with van der Waals surface area (Å²) >= 11 is 0. The van der Waals surface area contributed by atoms with Crippen LogP contribution >= 0.6 is 0 Å². The van der Waals surface area contributed by atoms with E-state index in [4.69, 9.17) is 33.4 Å². The molecule has 5 atom stereocenters. The molecule has 2 heterocycles. The van der Waals surface area contributed by atoms with E-state index in [1.54, 1.807) is 39.8 Å². The second-order valence-corrected chi connectivity index (χ2v) is 11.8. The van der Waals surface area contributed by atoms with E-state index in [9.17, 15) is 34.2 Å². The zero-order chi connectivity index (χ0) is 39.2. The minimum Gasteiger partial charge on any atom is -0.492 e. The van der Waals surface area contributed by atoms with Gasteiger partial charge in [0.05, 0.1) is 57.4 Å². The van der Waals surface area contributed by atoms with Crippen LogP contribution in [0, 0.1) is 17.8 Å². The van der Waals surface area contributed by atoms with Crippen molar-refractivity contribution in [2.24, 2.45) is 28.1 Å². The Hall–Kier alpha value is -4.77. The molecule has 0 radical (unpaired) electrons. The first kappa shape index (κ1) is 42.6. The number of esters is 3. The maximum absolute atomic E-state index is 11.8. The van der Waals surface area contributed by atoms with Crippen LogP contribution in [-0.2, 0) is 62.1 Å². The number of oxime groups is 2. The summed E-state index contributed by atoms with van der Waals surface area (Å²) in [6.07, 6.45) is 8.75. The molecule has 0 aromatic heterocycles. The van der Waals surface area contributed by atoms with Crippen molar-refractivity contribution in [2.75, 3.05) is 39.6 Å². The average molecular weight is 751 g/mol. The van der Waals surface area contributed by atoms with Crippen molar-refractivity contribution in [1.82, 2.24) is 0 Å². The fourth-order valence-electron chi connectivity index (χ4n) is 6.04. The molecule has 5 rings (SSSR count). The molecule has 0 bridgehead atoms. The number of hydrogen-bond donors (Lipinski definition) is 2. The lowest BCUT2D eigenvalue weighted by molar-refractivity contribution is -0.231. The monoisotopic (exact) mass is 750 g/mol. The summed E-state index contributed by atoms with van der Waals surface area (Å²) in [7, 11) is 0. The van der Waals surface area contributed by atoms with Gasteiger partial charge in [0.2, 0.25) is 5.78 Å². The fraction of sp³-hybridized carbons (Fsp3) is 0.639. The molecule has 0 saturated carbocycles. The number of carbonyl (C=O) groups is 5. The van der Waals surface area contributed by atoms with E-state index >= 15 is 0 Å². The molecule has 2 aliphatic heterocycles. The van der Waals surface area contributed by atoms with Crippen LogP contribution in [-0.4, -0.2) is 102 Å². The van der Waals surface area contributed by atoms with E-state index in [0.29, 0.717) is 75.6 Å². The summed E-state index contributed by atoms with van der Waals surface area (Å²) in [5.74, 6) is -8.06. The van der Waals surface area contributed by atoms with E-state index in [1.807, 2.05) is 19.9 Å². The minimum atomic E-state index is -2.01. The van der Waals surface area contributed by atoms with Gasteiger partial charge in [0.15, 0.2) is 17.2 Å². The molecule has 5 unspecified atom stereocenters. The summed E-state index contributed by atoms with van der Waals surface area (Å²) in [5.41, 5.74) is 0.614. The Morgan fingerprint density at radius 3 is 1.94 bits per heavy atom. The number of hydrogen-bond acceptors (Lipinski definition) is 17. The Morgan fingerprint density at radius 2 is 1.30 bits per heavy atom. The molecule has 17 heteroatoms. The number of allylic oxidation sites excluding steroid dienone is 5. The topological polar surface area (TPSA) is 224 Å². The highest BCUT2D eigenvalue weighted by molar-refractivity contribution is 6.39. The Kier molecular flexibility index (Phi) is 16.0. The van der Waals surface area contributed by atoms with Crippen LogP contribution in [0.5, 0.6) is 0 Å². The summed E-state index contributed by atoms with van der Waals surface area (Å²) in [5, 5.41) is 28.2. The highest BCUT2D eigenvalue weighted by atomic mass is 16.8. The van der Waals surface area contributed by atoms with Gasteiger partial charge in [-0.1, -0.05) is 10.3 Å². The number of ether oxygens (including phenoxy) is 6. The molecule has 2 N–H and O–H groups in total. The van der Waals surface area contributed by atoms with Gasteiger partial charge in [0, 0.05) is 0 Å². The van der Waals surface area contributed by atoms with Crippen LogP contribution in [0.1, 0.15) is 80.1 Å². The first-order valence-corrected chi connectivity index (χ1v) is 17.9. The number of rotatable bonds is 13. The number of nitrogens with zero attached hydrogens (tertiary/aromatic N) is 2. The Labute approximate surface area is 307 Å². The molecule has 0 aromatic carbocycles. The molecular formula is C36H50N2O15. The number of ketones is 2. The van der Waals surface area contributed by atoms with E-state index in [1.165, 1.54) is 0 Å². The van der Waals surface area contributed by atoms with E-state index < -0.39 is 58.8 Å². The fourth-order valence-corrected chi connectivity index (χ4v) is 6.04. The third-order valence-electron chi connectivity index (χ3n) is 8.44. The molecule has 294 valence electrons. The third kappa shape index (κ3) is 9.81. The van der Waals surface area contributed by atoms with Crippen LogP contribution in [0.3, 0.4) is 0 Å². The maximum Gasteiger partial charge on any atom is 0.382 e. The molecule has 3 aliphatic carbocycles. The second kappa shape index (κ2) is 19.9. The molecule has 0 aromatic rings. The van der Waals surface area contributed by atoms with Crippen molar-refractivity contribution in [2.45, 2.75) is 91.6 Å². The number of fused-ring (bicyclic) bond motifs is 2. The Balaban J connectivity index is 0.000000214. The SMILES string of the molecule is CCOC(=O)C(=O)C1CCC=C(OCC)C1=O.CCOC(=O)C1(O)ON=C2C(OCC)=CCCC21.CCOC(=O)C1=NOC2(O)C(OCC)=CCCC12. The van der Waals surface area contributed by atoms with E-state index in [-0.39, 0.29) is 31.3 Å². The van der Waals surface area contributed by atoms with Crippen LogP contribution in [0.2, 0.25) is 0 Å². The van der Waals surface area contributed by atoms with Gasteiger partial charge in [-0.2, -0.15) is 0 Å². The Bertz CT molecular complexity index is 1520. The van der Waals surface area contributed by atoms with Crippen molar-refractivity contribution >= 4 is 40.9 Å². The quantitative estimate of drug-likeness (QED) is 0.119. The standard InChI is InChI=1S/2C12H17NO5.C12H16O5/c1-3-16-9-7-5-6-8-10(11(14)17-4-2)13-18-12(8,9)15;1-3-16-9-7-5-6-8-10(9)13-18-12(8,15)11(14)17-4-2;1-3-16-9-7-5-6-8(10(9)13)11(14)12(15)17-4-2/h2*7-8,15H,3-6H2,1-2H3;7-8H,3-6H2,1-2H3. The van der Waals surface area contributed by atoms with E-state index in [0.717, 1.165) is 0 Å². The molecule has 5 aliphatic rings. The second-order valence-electron chi connectivity index (χ2n) is 11.8. The lowest BCUT2D eigenvalue weighted by Gasteiger charge is -2.32. The molecule has 0 spiro atoms. The van der Waals surface area contributed by atoms with Crippen molar-refractivity contribution in [3.8, 4) is 0 Å². The lowest BCUT2D eigenvalue weighted by Crippen LogP contribution is -2.48. The lowest BCUT2D eigenvalue weighted by atomic mass is 9.84. The van der Waals surface area contributed by atoms with Gasteiger partial charge in [-0.3, -0.25) is 9.59 Å². The zero-order valence-corrected chi connectivity index (χ0v) is 31.0. The number of Topliss-reactive ketones (excluding diaryl/α,β-unsaturated/α-hetero) is 2. The largest absolute Gasteiger partial charge is 0.492 e. The predicted octanol–water partition coefficient (Wildman–Crippen LogP) is 2.93. The molecule has 53 heavy (non-hydrogen) atoms. The number of aliphatic hydroxyl groups is 2. The van der Waals surface area contributed by atoms with Gasteiger partial charge < -0.3 is 48.3 Å². The van der Waals surface area contributed by atoms with Gasteiger partial charge in [0.25, 0.3) is 5.78 Å². The highest BCUT2D eigenvalue weighted by Crippen LogP contribution is 2.42. The molecule has 17 nitrogen and oxygen atoms in total. The predicted molar refractivity (Wildman–Crippen MR) is 184 cm³/mol. The van der Waals surface area contributed by atoms with E-state index in [2.05, 4.69) is 15.0 Å². The van der Waals surface area contributed by atoms with Crippen molar-refractivity contribution in [1.29, 1.82) is 0 Å². The zero-order valence-electron chi connectivity index (χ0n) is 31.0. The van der Waals surface area contributed by atoms with Crippen LogP contribution in [0.15, 0.2) is 45.8 Å². The van der Waals surface area contributed by atoms with Crippen molar-refractivity contribution < 1.29 is 72.3 Å². The van der Waals surface area contributed by atoms with Gasteiger partial charge in [-0.15, -0.1) is 0 Å². The van der Waals surface area contributed by atoms with Gasteiger partial charge >= 0.3 is 29.5 Å². The summed E-state index contributed by atoms with van der Waals surface area (Å²) in [6, 6.07) is 0. The van der Waals surface area contributed by atoms with Gasteiger partial charge in [0.1, 0.15) is 11.5 Å². The summed E-state index contributed by atoms with van der Waals surface area (Å²) in [6.45, 7) is 12.3. The minimum absolute atomic E-state index is 0.125. The van der Waals surface area contributed by atoms with Crippen LogP contribution < -0.4 is 0 Å². The first-order chi connectivity index (χ1) is 25.4. The number of carbonyl (C=O) groups excluding carboxylic acids is 5.